The van der Waals surface area contributed by atoms with Crippen molar-refractivity contribution in [2.24, 2.45) is 0 Å². The molecule has 16 heavy (non-hydrogen) atoms. The van der Waals surface area contributed by atoms with Crippen molar-refractivity contribution in [1.29, 1.82) is 0 Å². The van der Waals surface area contributed by atoms with Crippen LogP contribution in [0.25, 0.3) is 0 Å². The summed E-state index contributed by atoms with van der Waals surface area (Å²) in [4.78, 5) is 13.3. The molecular formula is C11H14FN3O. The van der Waals surface area contributed by atoms with Crippen molar-refractivity contribution in [2.45, 2.75) is 12.5 Å². The largest absolute Gasteiger partial charge is 0.395 e. The van der Waals surface area contributed by atoms with Crippen molar-refractivity contribution < 1.29 is 9.18 Å². The number of para-hydroxylation sites is 1. The highest BCUT2D eigenvalue weighted by Gasteiger charge is 2.29. The number of benzene rings is 1. The molecule has 0 spiro atoms. The number of hydrogen-bond donors (Lipinski definition) is 2. The number of hydrogen-bond acceptors (Lipinski definition) is 3. The third-order valence-electron chi connectivity index (χ3n) is 2.81. The van der Waals surface area contributed by atoms with Gasteiger partial charge in [-0.05, 0) is 18.6 Å². The number of rotatable bonds is 2. The maximum atomic E-state index is 13.2. The lowest BCUT2D eigenvalue weighted by Gasteiger charge is -2.15. The molecule has 1 heterocycles. The molecule has 86 valence electrons. The van der Waals surface area contributed by atoms with E-state index in [0.29, 0.717) is 18.7 Å². The summed E-state index contributed by atoms with van der Waals surface area (Å²) in [5, 5.41) is 2.97. The minimum absolute atomic E-state index is 0.0173. The Morgan fingerprint density at radius 3 is 2.94 bits per heavy atom. The van der Waals surface area contributed by atoms with E-state index in [1.807, 2.05) is 0 Å². The van der Waals surface area contributed by atoms with Crippen molar-refractivity contribution in [3.05, 3.63) is 24.0 Å². The van der Waals surface area contributed by atoms with Gasteiger partial charge in [0, 0.05) is 13.6 Å². The van der Waals surface area contributed by atoms with Crippen LogP contribution in [0.15, 0.2) is 18.2 Å². The molecule has 3 N–H and O–H groups in total. The quantitative estimate of drug-likeness (QED) is 0.737. The molecule has 1 atom stereocenters. The van der Waals surface area contributed by atoms with E-state index in [1.165, 1.54) is 6.07 Å². The van der Waals surface area contributed by atoms with Crippen LogP contribution < -0.4 is 11.1 Å². The fourth-order valence-electron chi connectivity index (χ4n) is 1.81. The number of carbonyl (C=O) groups is 1. The topological polar surface area (TPSA) is 58.4 Å². The fraction of sp³-hybridized carbons (Fsp3) is 0.364. The maximum absolute atomic E-state index is 13.2. The number of amides is 1. The van der Waals surface area contributed by atoms with E-state index in [0.717, 1.165) is 0 Å². The van der Waals surface area contributed by atoms with Gasteiger partial charge in [0.15, 0.2) is 0 Å². The number of halogens is 1. The second-order valence-electron chi connectivity index (χ2n) is 3.95. The molecule has 2 rings (SSSR count). The number of anilines is 2. The monoisotopic (exact) mass is 223 g/mol. The highest BCUT2D eigenvalue weighted by Crippen LogP contribution is 2.24. The molecule has 4 nitrogen and oxygen atoms in total. The van der Waals surface area contributed by atoms with Crippen molar-refractivity contribution in [3.8, 4) is 0 Å². The van der Waals surface area contributed by atoms with Crippen LogP contribution in [0.4, 0.5) is 15.8 Å². The van der Waals surface area contributed by atoms with Crippen LogP contribution in [0.3, 0.4) is 0 Å². The minimum atomic E-state index is -0.469. The zero-order valence-corrected chi connectivity index (χ0v) is 9.03. The third-order valence-corrected chi connectivity index (χ3v) is 2.81. The van der Waals surface area contributed by atoms with E-state index in [4.69, 9.17) is 5.73 Å². The first-order chi connectivity index (χ1) is 7.59. The average molecular weight is 223 g/mol. The Hall–Kier alpha value is -1.78. The van der Waals surface area contributed by atoms with Gasteiger partial charge >= 0.3 is 0 Å². The smallest absolute Gasteiger partial charge is 0.244 e. The fourth-order valence-corrected chi connectivity index (χ4v) is 1.81. The van der Waals surface area contributed by atoms with Gasteiger partial charge in [-0.1, -0.05) is 6.07 Å². The molecule has 1 fully saturated rings. The van der Waals surface area contributed by atoms with Gasteiger partial charge in [0.2, 0.25) is 5.91 Å². The molecule has 0 aromatic heterocycles. The highest BCUT2D eigenvalue weighted by molar-refractivity contribution is 5.87. The number of nitrogen functional groups attached to an aromatic ring is 1. The molecule has 1 aromatic carbocycles. The van der Waals surface area contributed by atoms with Crippen molar-refractivity contribution >= 4 is 17.3 Å². The van der Waals surface area contributed by atoms with E-state index < -0.39 is 5.82 Å². The van der Waals surface area contributed by atoms with Gasteiger partial charge in [-0.15, -0.1) is 0 Å². The first-order valence-electron chi connectivity index (χ1n) is 5.15. The molecule has 1 aliphatic rings. The van der Waals surface area contributed by atoms with Crippen LogP contribution in [0, 0.1) is 5.82 Å². The second kappa shape index (κ2) is 4.00. The third kappa shape index (κ3) is 1.80. The lowest BCUT2D eigenvalue weighted by Crippen LogP contribution is -2.31. The van der Waals surface area contributed by atoms with Crippen molar-refractivity contribution in [1.82, 2.24) is 4.90 Å². The van der Waals surface area contributed by atoms with Crippen LogP contribution in [0.2, 0.25) is 0 Å². The molecule has 1 aromatic rings. The first-order valence-corrected chi connectivity index (χ1v) is 5.15. The van der Waals surface area contributed by atoms with Crippen molar-refractivity contribution in [2.75, 3.05) is 24.6 Å². The Balaban J connectivity index is 2.16. The van der Waals surface area contributed by atoms with E-state index >= 15 is 0 Å². The van der Waals surface area contributed by atoms with Gasteiger partial charge in [0.1, 0.15) is 11.9 Å². The number of likely N-dealkylation sites (tertiary alicyclic amines) is 1. The van der Waals surface area contributed by atoms with E-state index in [2.05, 4.69) is 5.32 Å². The normalized spacial score (nSPS) is 20.2. The average Bonchev–Trinajstić information content (AvgIpc) is 2.57. The number of likely N-dealkylation sites (N-methyl/N-ethyl adjacent to an activating group) is 1. The maximum Gasteiger partial charge on any atom is 0.244 e. The molecule has 0 aliphatic carbocycles. The van der Waals surface area contributed by atoms with Crippen LogP contribution in [-0.4, -0.2) is 30.4 Å². The summed E-state index contributed by atoms with van der Waals surface area (Å²) in [7, 11) is 1.75. The molecule has 0 radical (unpaired) electrons. The Morgan fingerprint density at radius 1 is 1.56 bits per heavy atom. The predicted molar refractivity (Wildman–Crippen MR) is 60.5 cm³/mol. The second-order valence-corrected chi connectivity index (χ2v) is 3.95. The first kappa shape index (κ1) is 10.7. The molecule has 0 saturated carbocycles. The van der Waals surface area contributed by atoms with Gasteiger partial charge in [-0.2, -0.15) is 0 Å². The van der Waals surface area contributed by atoms with Gasteiger partial charge in [0.25, 0.3) is 0 Å². The molecular weight excluding hydrogens is 209 g/mol. The van der Waals surface area contributed by atoms with Crippen LogP contribution in [0.5, 0.6) is 0 Å². The molecule has 1 saturated heterocycles. The Bertz CT molecular complexity index is 422. The summed E-state index contributed by atoms with van der Waals surface area (Å²) in [6, 6.07) is 4.23. The number of nitrogens with one attached hydrogen (secondary N) is 1. The summed E-state index contributed by atoms with van der Waals surface area (Å²) in [6.45, 7) is 0.714. The summed E-state index contributed by atoms with van der Waals surface area (Å²) in [5.41, 5.74) is 6.12. The Morgan fingerprint density at radius 2 is 2.31 bits per heavy atom. The molecule has 1 amide bonds. The number of nitrogens with two attached hydrogens (primary N) is 1. The zero-order valence-electron chi connectivity index (χ0n) is 9.03. The van der Waals surface area contributed by atoms with Gasteiger partial charge in [-0.3, -0.25) is 4.79 Å². The number of carbonyl (C=O) groups excluding carboxylic acids is 1. The van der Waals surface area contributed by atoms with Gasteiger partial charge < -0.3 is 16.0 Å². The zero-order chi connectivity index (χ0) is 11.7. The van der Waals surface area contributed by atoms with Gasteiger partial charge in [-0.25, -0.2) is 4.39 Å². The molecule has 1 aliphatic heterocycles. The molecule has 1 unspecified atom stereocenters. The van der Waals surface area contributed by atoms with Crippen molar-refractivity contribution in [3.63, 3.8) is 0 Å². The Labute approximate surface area is 93.2 Å². The summed E-state index contributed by atoms with van der Waals surface area (Å²) >= 11 is 0. The van der Waals surface area contributed by atoms with E-state index in [1.54, 1.807) is 24.1 Å². The van der Waals surface area contributed by atoms with Crippen LogP contribution in [-0.2, 0) is 4.79 Å². The lowest BCUT2D eigenvalue weighted by atomic mass is 10.2. The lowest BCUT2D eigenvalue weighted by molar-refractivity contribution is -0.127. The molecule has 0 bridgehead atoms. The van der Waals surface area contributed by atoms with E-state index in [-0.39, 0.29) is 17.6 Å². The minimum Gasteiger partial charge on any atom is -0.395 e. The summed E-state index contributed by atoms with van der Waals surface area (Å²) in [6.07, 6.45) is 0.714. The Kier molecular flexibility index (Phi) is 2.68. The SMILES string of the molecule is CN1CCC(Nc2cccc(F)c2N)C1=O. The summed E-state index contributed by atoms with van der Waals surface area (Å²) < 4.78 is 13.2. The van der Waals surface area contributed by atoms with E-state index in [9.17, 15) is 9.18 Å². The number of nitrogens with zero attached hydrogens (tertiary/aromatic N) is 1. The van der Waals surface area contributed by atoms with Crippen LogP contribution >= 0.6 is 0 Å². The summed E-state index contributed by atoms with van der Waals surface area (Å²) in [5.74, 6) is -0.451. The molecule has 5 heteroatoms. The predicted octanol–water partition coefficient (Wildman–Crippen LogP) is 1.05. The highest BCUT2D eigenvalue weighted by atomic mass is 19.1. The van der Waals surface area contributed by atoms with Crippen LogP contribution in [0.1, 0.15) is 6.42 Å². The standard InChI is InChI=1S/C11H14FN3O/c1-15-6-5-9(11(15)16)14-8-4-2-3-7(12)10(8)13/h2-4,9,14H,5-6,13H2,1H3. The van der Waals surface area contributed by atoms with Gasteiger partial charge in [0.05, 0.1) is 11.4 Å².